The second kappa shape index (κ2) is 3.87. The summed E-state index contributed by atoms with van der Waals surface area (Å²) in [6.45, 7) is 2.77. The molecule has 0 aliphatic heterocycles. The smallest absolute Gasteiger partial charge is 0.0612 e. The van der Waals surface area contributed by atoms with Gasteiger partial charge in [0.05, 0.1) is 6.10 Å². The van der Waals surface area contributed by atoms with Crippen molar-refractivity contribution in [3.05, 3.63) is 23.8 Å². The van der Waals surface area contributed by atoms with Crippen LogP contribution in [0.4, 0.5) is 0 Å². The van der Waals surface area contributed by atoms with Crippen molar-refractivity contribution in [2.75, 3.05) is 20.6 Å². The number of aliphatic hydroxyl groups is 1. The highest BCUT2D eigenvalue weighted by Crippen LogP contribution is 2.22. The first kappa shape index (κ1) is 9.49. The van der Waals surface area contributed by atoms with Crippen molar-refractivity contribution in [2.24, 2.45) is 5.92 Å². The van der Waals surface area contributed by atoms with Crippen molar-refractivity contribution >= 4 is 0 Å². The maximum Gasteiger partial charge on any atom is 0.0612 e. The SMILES string of the molecule is C[C@H](O)C1C=CC=C1CN(C)C. The van der Waals surface area contributed by atoms with Gasteiger partial charge in [0.15, 0.2) is 0 Å². The largest absolute Gasteiger partial charge is 0.392 e. The minimum atomic E-state index is -0.269. The molecule has 0 saturated heterocycles. The van der Waals surface area contributed by atoms with Gasteiger partial charge in [-0.1, -0.05) is 18.2 Å². The molecule has 0 amide bonds. The Labute approximate surface area is 74.2 Å². The van der Waals surface area contributed by atoms with Crippen molar-refractivity contribution < 1.29 is 5.11 Å². The van der Waals surface area contributed by atoms with E-state index in [4.69, 9.17) is 0 Å². The molecule has 0 spiro atoms. The zero-order chi connectivity index (χ0) is 9.14. The first-order valence-electron chi connectivity index (χ1n) is 4.31. The lowest BCUT2D eigenvalue weighted by atomic mass is 9.97. The van der Waals surface area contributed by atoms with Gasteiger partial charge in [0.2, 0.25) is 0 Å². The summed E-state index contributed by atoms with van der Waals surface area (Å²) in [6.07, 6.45) is 5.91. The van der Waals surface area contributed by atoms with E-state index in [1.165, 1.54) is 5.57 Å². The molecule has 0 aromatic carbocycles. The quantitative estimate of drug-likeness (QED) is 0.679. The van der Waals surface area contributed by atoms with Crippen molar-refractivity contribution in [3.8, 4) is 0 Å². The predicted octanol–water partition coefficient (Wildman–Crippen LogP) is 1.04. The number of rotatable bonds is 3. The van der Waals surface area contributed by atoms with Crippen LogP contribution in [0.5, 0.6) is 0 Å². The number of nitrogens with zero attached hydrogens (tertiary/aromatic N) is 1. The highest BCUT2D eigenvalue weighted by atomic mass is 16.3. The number of hydrogen-bond donors (Lipinski definition) is 1. The van der Waals surface area contributed by atoms with Gasteiger partial charge in [0, 0.05) is 12.5 Å². The predicted molar refractivity (Wildman–Crippen MR) is 50.9 cm³/mol. The third-order valence-electron chi connectivity index (χ3n) is 2.08. The molecule has 2 heteroatoms. The lowest BCUT2D eigenvalue weighted by Crippen LogP contribution is -2.23. The Hall–Kier alpha value is -0.600. The van der Waals surface area contributed by atoms with E-state index >= 15 is 0 Å². The molecule has 1 unspecified atom stereocenters. The Bertz CT molecular complexity index is 204. The summed E-state index contributed by atoms with van der Waals surface area (Å²) in [5, 5.41) is 9.42. The molecule has 0 aromatic heterocycles. The monoisotopic (exact) mass is 167 g/mol. The molecular weight excluding hydrogens is 150 g/mol. The van der Waals surface area contributed by atoms with Gasteiger partial charge in [-0.3, -0.25) is 0 Å². The molecule has 0 radical (unpaired) electrons. The summed E-state index contributed by atoms with van der Waals surface area (Å²) in [6, 6.07) is 0. The van der Waals surface area contributed by atoms with E-state index in [0.29, 0.717) is 0 Å². The molecule has 1 aliphatic carbocycles. The third kappa shape index (κ3) is 2.19. The molecule has 0 saturated carbocycles. The van der Waals surface area contributed by atoms with Gasteiger partial charge in [0.25, 0.3) is 0 Å². The van der Waals surface area contributed by atoms with Gasteiger partial charge >= 0.3 is 0 Å². The first-order chi connectivity index (χ1) is 5.61. The lowest BCUT2D eigenvalue weighted by molar-refractivity contribution is 0.162. The summed E-state index contributed by atoms with van der Waals surface area (Å²) in [5.74, 6) is 0.229. The maximum absolute atomic E-state index is 9.42. The van der Waals surface area contributed by atoms with E-state index < -0.39 is 0 Å². The van der Waals surface area contributed by atoms with Gasteiger partial charge in [-0.05, 0) is 26.6 Å². The van der Waals surface area contributed by atoms with E-state index in [-0.39, 0.29) is 12.0 Å². The van der Waals surface area contributed by atoms with E-state index in [9.17, 15) is 5.11 Å². The molecule has 1 aliphatic rings. The number of aliphatic hydroxyl groups excluding tert-OH is 1. The fourth-order valence-electron chi connectivity index (χ4n) is 1.53. The summed E-state index contributed by atoms with van der Waals surface area (Å²) in [4.78, 5) is 2.12. The number of allylic oxidation sites excluding steroid dienone is 2. The Kier molecular flexibility index (Phi) is 3.06. The van der Waals surface area contributed by atoms with Crippen LogP contribution >= 0.6 is 0 Å². The number of likely N-dealkylation sites (N-methyl/N-ethyl adjacent to an activating group) is 1. The molecule has 0 aromatic rings. The summed E-state index contributed by atoms with van der Waals surface area (Å²) in [5.41, 5.74) is 1.30. The van der Waals surface area contributed by atoms with E-state index in [0.717, 1.165) is 6.54 Å². The third-order valence-corrected chi connectivity index (χ3v) is 2.08. The Balaban J connectivity index is 2.55. The summed E-state index contributed by atoms with van der Waals surface area (Å²) in [7, 11) is 4.08. The molecule has 0 bridgehead atoms. The van der Waals surface area contributed by atoms with Crippen molar-refractivity contribution in [1.82, 2.24) is 4.90 Å². The molecule has 2 nitrogen and oxygen atoms in total. The zero-order valence-corrected chi connectivity index (χ0v) is 7.99. The summed E-state index contributed by atoms with van der Waals surface area (Å²) < 4.78 is 0. The fraction of sp³-hybridized carbons (Fsp3) is 0.600. The van der Waals surface area contributed by atoms with Crippen LogP contribution in [0.3, 0.4) is 0 Å². The van der Waals surface area contributed by atoms with Crippen LogP contribution < -0.4 is 0 Å². The van der Waals surface area contributed by atoms with Crippen LogP contribution in [0, 0.1) is 5.92 Å². The van der Waals surface area contributed by atoms with Crippen LogP contribution in [0.15, 0.2) is 23.8 Å². The van der Waals surface area contributed by atoms with Crippen molar-refractivity contribution in [3.63, 3.8) is 0 Å². The molecule has 68 valence electrons. The second-order valence-corrected chi connectivity index (χ2v) is 3.63. The number of hydrogen-bond acceptors (Lipinski definition) is 2. The second-order valence-electron chi connectivity index (χ2n) is 3.63. The molecule has 1 rings (SSSR count). The molecule has 12 heavy (non-hydrogen) atoms. The zero-order valence-electron chi connectivity index (χ0n) is 7.99. The van der Waals surface area contributed by atoms with Crippen molar-refractivity contribution in [1.29, 1.82) is 0 Å². The van der Waals surface area contributed by atoms with Crippen LogP contribution in [0.25, 0.3) is 0 Å². The highest BCUT2D eigenvalue weighted by Gasteiger charge is 2.19. The van der Waals surface area contributed by atoms with Gasteiger partial charge in [-0.25, -0.2) is 0 Å². The van der Waals surface area contributed by atoms with Crippen LogP contribution in [0.2, 0.25) is 0 Å². The highest BCUT2D eigenvalue weighted by molar-refractivity contribution is 5.29. The average molecular weight is 167 g/mol. The molecule has 1 N–H and O–H groups in total. The first-order valence-corrected chi connectivity index (χ1v) is 4.31. The van der Waals surface area contributed by atoms with E-state index in [1.54, 1.807) is 0 Å². The Morgan fingerprint density at radius 2 is 2.25 bits per heavy atom. The van der Waals surface area contributed by atoms with Gasteiger partial charge < -0.3 is 10.0 Å². The summed E-state index contributed by atoms with van der Waals surface area (Å²) >= 11 is 0. The van der Waals surface area contributed by atoms with Crippen LogP contribution in [-0.2, 0) is 0 Å². The Morgan fingerprint density at radius 1 is 1.58 bits per heavy atom. The maximum atomic E-state index is 9.42. The van der Waals surface area contributed by atoms with E-state index in [2.05, 4.69) is 17.1 Å². The molecule has 0 fully saturated rings. The van der Waals surface area contributed by atoms with Crippen LogP contribution in [-0.4, -0.2) is 36.8 Å². The molecular formula is C10H17NO. The molecule has 0 heterocycles. The normalized spacial score (nSPS) is 24.8. The lowest BCUT2D eigenvalue weighted by Gasteiger charge is -2.19. The average Bonchev–Trinajstić information content (AvgIpc) is 2.33. The van der Waals surface area contributed by atoms with E-state index in [1.807, 2.05) is 27.1 Å². The Morgan fingerprint density at radius 3 is 2.75 bits per heavy atom. The van der Waals surface area contributed by atoms with Gasteiger partial charge in [0.1, 0.15) is 0 Å². The topological polar surface area (TPSA) is 23.5 Å². The minimum Gasteiger partial charge on any atom is -0.392 e. The van der Waals surface area contributed by atoms with Crippen molar-refractivity contribution in [2.45, 2.75) is 13.0 Å². The standard InChI is InChI=1S/C10H17NO/c1-8(12)10-6-4-5-9(10)7-11(2)3/h4-6,8,10,12H,7H2,1-3H3/t8-,10?/m0/s1. The fourth-order valence-corrected chi connectivity index (χ4v) is 1.53. The van der Waals surface area contributed by atoms with Crippen LogP contribution in [0.1, 0.15) is 6.92 Å². The minimum absolute atomic E-state index is 0.229. The molecule has 2 atom stereocenters. The van der Waals surface area contributed by atoms with Gasteiger partial charge in [-0.15, -0.1) is 0 Å². The van der Waals surface area contributed by atoms with Gasteiger partial charge in [-0.2, -0.15) is 0 Å².